The Morgan fingerprint density at radius 1 is 0.476 bits per heavy atom. The summed E-state index contributed by atoms with van der Waals surface area (Å²) in [5, 5.41) is 0. The molecule has 0 fully saturated rings. The van der Waals surface area contributed by atoms with E-state index in [0.717, 1.165) is 0 Å². The van der Waals surface area contributed by atoms with Crippen molar-refractivity contribution in [2.45, 2.75) is 111 Å². The Hall–Kier alpha value is -4.36. The molecule has 0 saturated carbocycles. The van der Waals surface area contributed by atoms with Gasteiger partial charge < -0.3 is 32.5 Å². The molecule has 82 heavy (non-hydrogen) atoms. The summed E-state index contributed by atoms with van der Waals surface area (Å²) in [6.45, 7) is 9.19. The first-order valence-electron chi connectivity index (χ1n) is 26.8. The molecule has 0 aliphatic heterocycles. The Morgan fingerprint density at radius 3 is 1.05 bits per heavy atom. The molecular formula is C55H79N3O16S6Si2. The first-order valence-corrected chi connectivity index (χ1v) is 36.6. The Labute approximate surface area is 514 Å². The molecule has 0 saturated heterocycles. The molecule has 0 bridgehead atoms. The first-order chi connectivity index (χ1) is 39.0. The summed E-state index contributed by atoms with van der Waals surface area (Å²) < 4.78 is 39.0. The van der Waals surface area contributed by atoms with Crippen molar-refractivity contribution >= 4 is 140 Å². The van der Waals surface area contributed by atoms with Gasteiger partial charge in [0.05, 0.1) is 62.2 Å². The standard InChI is InChI=1S/C24H30OSi2.C16H23N3O9S3.C15H26O6S3/c1-26(2,15-13-19-5-7-21-9-11-23(21)17-19)25-27(3,4)16-14-20-6-8-22-10-12-24(22)18-20;20-11(1-8-29)26-5-2-17-14(23)18(3-6-27-12(21)9-30)16(25)19(15(17)24)4-7-28-13(22)10-31;1-2-15(9-19-12(16)3-6-22,10-20-13(17)4-7-23)11-21-14(18)5-8-24/h5-8,13-18H,9-12H2,1-4H3;29-31H,1-10H2;22-24H,2-11H2,1H3/b15-13+,16-14+;;. The van der Waals surface area contributed by atoms with Gasteiger partial charge in [-0.1, -0.05) is 66.9 Å². The third-order valence-corrected chi connectivity index (χ3v) is 20.2. The van der Waals surface area contributed by atoms with Gasteiger partial charge in [-0.05, 0) is 91.7 Å². The van der Waals surface area contributed by atoms with Gasteiger partial charge in [-0.15, -0.1) is 0 Å². The molecule has 0 atom stereocenters. The Morgan fingerprint density at radius 2 is 0.780 bits per heavy atom. The molecular weight excluding hydrogens is 1210 g/mol. The lowest BCUT2D eigenvalue weighted by molar-refractivity contribution is -0.162. The molecule has 2 aliphatic rings. The first kappa shape index (κ1) is 71.9. The van der Waals surface area contributed by atoms with Crippen molar-refractivity contribution < 1.29 is 61.3 Å². The van der Waals surface area contributed by atoms with E-state index in [0.29, 0.717) is 37.4 Å². The molecule has 2 aliphatic carbocycles. The lowest BCUT2D eigenvalue weighted by atomic mass is 9.87. The number of aromatic nitrogens is 3. The second-order valence-electron chi connectivity index (χ2n) is 20.0. The normalized spacial score (nSPS) is 12.5. The predicted octanol–water partition coefficient (Wildman–Crippen LogP) is 6.07. The number of ether oxygens (including phenoxy) is 6. The number of carbonyl (C=O) groups excluding carboxylic acids is 6. The van der Waals surface area contributed by atoms with Crippen LogP contribution in [0, 0.1) is 5.41 Å². The number of thiol groups is 6. The van der Waals surface area contributed by atoms with E-state index in [1.54, 1.807) is 0 Å². The van der Waals surface area contributed by atoms with Crippen LogP contribution in [0.3, 0.4) is 0 Å². The number of benzene rings is 2. The maximum Gasteiger partial charge on any atom is 0.336 e. The molecule has 1 heterocycles. The Bertz CT molecular complexity index is 2680. The molecule has 5 rings (SSSR count). The Balaban J connectivity index is 0.000000325. The summed E-state index contributed by atoms with van der Waals surface area (Å²) in [5.74, 6) is -2.02. The average molecular weight is 1290 g/mol. The molecule has 0 radical (unpaired) electrons. The van der Waals surface area contributed by atoms with E-state index in [2.05, 4.69) is 162 Å². The highest BCUT2D eigenvalue weighted by Gasteiger charge is 2.34. The Kier molecular flexibility index (Phi) is 32.6. The number of hydrogen-bond acceptors (Lipinski definition) is 22. The van der Waals surface area contributed by atoms with Crippen molar-refractivity contribution in [2.24, 2.45) is 5.41 Å². The van der Waals surface area contributed by atoms with E-state index in [1.807, 2.05) is 6.92 Å². The fourth-order valence-electron chi connectivity index (χ4n) is 7.86. The number of fused-ring (bicyclic) bond motifs is 2. The van der Waals surface area contributed by atoms with Crippen LogP contribution in [0.15, 0.2) is 62.2 Å². The summed E-state index contributed by atoms with van der Waals surface area (Å²) in [4.78, 5) is 107. The quantitative estimate of drug-likeness (QED) is 0.0180. The molecule has 27 heteroatoms. The molecule has 3 aromatic rings. The minimum Gasteiger partial charge on any atom is -0.465 e. The van der Waals surface area contributed by atoms with Gasteiger partial charge in [0.2, 0.25) is 0 Å². The molecule has 0 amide bonds. The monoisotopic (exact) mass is 1290 g/mol. The second-order valence-corrected chi connectivity index (χ2v) is 30.4. The van der Waals surface area contributed by atoms with Gasteiger partial charge >= 0.3 is 52.9 Å². The van der Waals surface area contributed by atoms with Crippen LogP contribution in [-0.2, 0) is 107 Å². The molecule has 19 nitrogen and oxygen atoms in total. The van der Waals surface area contributed by atoms with E-state index in [-0.39, 0.29) is 102 Å². The van der Waals surface area contributed by atoms with Crippen LogP contribution in [0.1, 0.15) is 72.4 Å². The molecule has 0 unspecified atom stereocenters. The highest BCUT2D eigenvalue weighted by Crippen LogP contribution is 2.28. The third-order valence-electron chi connectivity index (χ3n) is 12.7. The van der Waals surface area contributed by atoms with E-state index in [9.17, 15) is 43.2 Å². The summed E-state index contributed by atoms with van der Waals surface area (Å²) in [7, 11) is -3.70. The maximum atomic E-state index is 12.6. The summed E-state index contributed by atoms with van der Waals surface area (Å²) in [6.07, 6.45) is 10.6. The SMILES string of the molecule is CCC(COC(=O)CCS)(COC(=O)CCS)COC(=O)CCS.C[Si](C)(/C=C/c1ccc2c(c1)CC2)O[Si](C)(C)/C=C/c1ccc2c(c1)CC2.O=C(CS)OCCn1c(=O)n(CCOC(=O)CS)c(=O)n(CCOC(=O)CCS)c1=O. The topological polar surface area (TPSA) is 233 Å². The molecule has 1 aromatic heterocycles. The van der Waals surface area contributed by atoms with Crippen LogP contribution in [0.5, 0.6) is 0 Å². The van der Waals surface area contributed by atoms with E-state index in [4.69, 9.17) is 32.5 Å². The summed E-state index contributed by atoms with van der Waals surface area (Å²) in [6, 6.07) is 13.7. The van der Waals surface area contributed by atoms with Crippen molar-refractivity contribution in [1.82, 2.24) is 13.7 Å². The smallest absolute Gasteiger partial charge is 0.336 e. The predicted molar refractivity (Wildman–Crippen MR) is 341 cm³/mol. The summed E-state index contributed by atoms with van der Waals surface area (Å²) in [5.41, 5.74) is 9.74. The van der Waals surface area contributed by atoms with Gasteiger partial charge in [0.15, 0.2) is 16.6 Å². The van der Waals surface area contributed by atoms with E-state index in [1.165, 1.54) is 59.1 Å². The highest BCUT2D eigenvalue weighted by atomic mass is 32.1. The lowest BCUT2D eigenvalue weighted by Gasteiger charge is -2.31. The number of nitrogens with zero attached hydrogens (tertiary/aromatic N) is 3. The zero-order valence-corrected chi connectivity index (χ0v) is 54.7. The third kappa shape index (κ3) is 25.5. The fourth-order valence-corrected chi connectivity index (χ4v) is 15.9. The molecule has 454 valence electrons. The van der Waals surface area contributed by atoms with Crippen molar-refractivity contribution in [3.63, 3.8) is 0 Å². The van der Waals surface area contributed by atoms with Crippen LogP contribution >= 0.6 is 75.8 Å². The van der Waals surface area contributed by atoms with Crippen molar-refractivity contribution in [3.05, 3.63) is 113 Å². The highest BCUT2D eigenvalue weighted by molar-refractivity contribution is 7.81. The van der Waals surface area contributed by atoms with Crippen molar-refractivity contribution in [2.75, 3.05) is 74.2 Å². The van der Waals surface area contributed by atoms with Crippen LogP contribution in [0.25, 0.3) is 12.2 Å². The molecule has 2 aromatic carbocycles. The van der Waals surface area contributed by atoms with Gasteiger partial charge in [-0.3, -0.25) is 28.8 Å². The number of hydrogen-bond donors (Lipinski definition) is 6. The largest absolute Gasteiger partial charge is 0.465 e. The van der Waals surface area contributed by atoms with Crippen LogP contribution in [-0.4, -0.2) is 140 Å². The number of carbonyl (C=O) groups is 6. The average Bonchev–Trinajstić information content (AvgIpc) is 3.57. The zero-order chi connectivity index (χ0) is 60.9. The van der Waals surface area contributed by atoms with Crippen molar-refractivity contribution in [1.29, 1.82) is 0 Å². The number of aryl methyl sites for hydroxylation is 4. The van der Waals surface area contributed by atoms with Gasteiger partial charge in [-0.2, -0.15) is 75.8 Å². The van der Waals surface area contributed by atoms with Crippen LogP contribution in [0.4, 0.5) is 0 Å². The van der Waals surface area contributed by atoms with Gasteiger partial charge in [0.1, 0.15) is 39.6 Å². The molecule has 0 N–H and O–H groups in total. The fraction of sp³-hybridized carbons (Fsp3) is 0.545. The number of esters is 6. The summed E-state index contributed by atoms with van der Waals surface area (Å²) >= 11 is 23.3. The molecule has 0 spiro atoms. The van der Waals surface area contributed by atoms with Gasteiger partial charge in [0, 0.05) is 23.0 Å². The zero-order valence-electron chi connectivity index (χ0n) is 47.3. The van der Waals surface area contributed by atoms with E-state index >= 15 is 0 Å². The minimum atomic E-state index is -1.85. The minimum absolute atomic E-state index is 0.00157. The van der Waals surface area contributed by atoms with Crippen molar-refractivity contribution in [3.8, 4) is 0 Å². The number of rotatable bonds is 32. The van der Waals surface area contributed by atoms with Crippen LogP contribution in [0.2, 0.25) is 26.2 Å². The van der Waals surface area contributed by atoms with Gasteiger partial charge in [0.25, 0.3) is 0 Å². The lowest BCUT2D eigenvalue weighted by Crippen LogP contribution is -2.55. The maximum absolute atomic E-state index is 12.6. The van der Waals surface area contributed by atoms with Crippen LogP contribution < -0.4 is 17.1 Å². The van der Waals surface area contributed by atoms with E-state index < -0.39 is 74.9 Å². The second kappa shape index (κ2) is 37.2. The van der Waals surface area contributed by atoms with Gasteiger partial charge in [-0.25, -0.2) is 28.1 Å².